The number of thioether (sulfide) groups is 1. The summed E-state index contributed by atoms with van der Waals surface area (Å²) >= 11 is -0.0415. The maximum Gasteiger partial charge on any atom is 0.446 e. The lowest BCUT2D eigenvalue weighted by Gasteiger charge is -2.47. The summed E-state index contributed by atoms with van der Waals surface area (Å²) in [6.07, 6.45) is 8.46. The number of fused-ring (bicyclic) bond motifs is 3. The summed E-state index contributed by atoms with van der Waals surface area (Å²) in [5.74, 6) is 1.02. The lowest BCUT2D eigenvalue weighted by atomic mass is 9.71. The second kappa shape index (κ2) is 8.19. The predicted molar refractivity (Wildman–Crippen MR) is 101 cm³/mol. The minimum absolute atomic E-state index is 0. The first kappa shape index (κ1) is 20.2. The number of alkyl halides is 3. The standard InChI is InChI=1S/C19H24F3NOS.ClH/c20-19(21,22)25-13-8-9-16-15(11-13)18-14(7-4-10-24-18)17(23-16)12-5-2-1-3-6-12;/h8-9,11-12,14,17-18,23H,1-7,10H2;1H/t14-,17+,18-;/m0./s1. The number of hydrogen-bond acceptors (Lipinski definition) is 3. The number of ether oxygens (including phenoxy) is 1. The van der Waals surface area contributed by atoms with Crippen molar-refractivity contribution in [1.82, 2.24) is 0 Å². The van der Waals surface area contributed by atoms with Gasteiger partial charge in [0.1, 0.15) is 0 Å². The van der Waals surface area contributed by atoms with Crippen LogP contribution in [0.15, 0.2) is 23.1 Å². The van der Waals surface area contributed by atoms with Crippen molar-refractivity contribution in [3.05, 3.63) is 23.8 Å². The molecule has 7 heteroatoms. The van der Waals surface area contributed by atoms with Gasteiger partial charge in [-0.25, -0.2) is 0 Å². The zero-order valence-electron chi connectivity index (χ0n) is 14.6. The van der Waals surface area contributed by atoms with Gasteiger partial charge in [-0.15, -0.1) is 12.4 Å². The van der Waals surface area contributed by atoms with Crippen molar-refractivity contribution in [2.45, 2.75) is 67.5 Å². The molecule has 0 amide bonds. The first-order valence-electron chi connectivity index (χ1n) is 9.29. The molecule has 1 aliphatic carbocycles. The molecule has 2 nitrogen and oxygen atoms in total. The van der Waals surface area contributed by atoms with Crippen molar-refractivity contribution < 1.29 is 17.9 Å². The summed E-state index contributed by atoms with van der Waals surface area (Å²) in [5.41, 5.74) is -2.38. The molecule has 2 heterocycles. The highest BCUT2D eigenvalue weighted by molar-refractivity contribution is 8.00. The first-order chi connectivity index (χ1) is 12.0. The van der Waals surface area contributed by atoms with Crippen molar-refractivity contribution >= 4 is 29.9 Å². The molecule has 2 aliphatic heterocycles. The third kappa shape index (κ3) is 4.28. The normalized spacial score (nSPS) is 29.1. The monoisotopic (exact) mass is 407 g/mol. The topological polar surface area (TPSA) is 21.3 Å². The molecule has 1 saturated carbocycles. The Morgan fingerprint density at radius 2 is 1.81 bits per heavy atom. The lowest BCUT2D eigenvalue weighted by Crippen LogP contribution is -2.46. The molecule has 0 radical (unpaired) electrons. The molecule has 26 heavy (non-hydrogen) atoms. The van der Waals surface area contributed by atoms with Gasteiger partial charge >= 0.3 is 5.51 Å². The van der Waals surface area contributed by atoms with E-state index in [9.17, 15) is 13.2 Å². The van der Waals surface area contributed by atoms with E-state index in [4.69, 9.17) is 4.74 Å². The van der Waals surface area contributed by atoms with Gasteiger partial charge in [0.2, 0.25) is 0 Å². The van der Waals surface area contributed by atoms with Crippen LogP contribution in [0.4, 0.5) is 18.9 Å². The average molecular weight is 408 g/mol. The molecule has 146 valence electrons. The van der Waals surface area contributed by atoms with Crippen molar-refractivity contribution in [3.63, 3.8) is 0 Å². The summed E-state index contributed by atoms with van der Waals surface area (Å²) in [7, 11) is 0. The molecule has 4 rings (SSSR count). The first-order valence-corrected chi connectivity index (χ1v) is 10.1. The Morgan fingerprint density at radius 3 is 2.54 bits per heavy atom. The zero-order valence-corrected chi connectivity index (χ0v) is 16.2. The van der Waals surface area contributed by atoms with Gasteiger partial charge in [-0.3, -0.25) is 0 Å². The van der Waals surface area contributed by atoms with Gasteiger partial charge < -0.3 is 10.1 Å². The Balaban J connectivity index is 0.00000196. The van der Waals surface area contributed by atoms with Crippen LogP contribution in [0, 0.1) is 11.8 Å². The minimum Gasteiger partial charge on any atom is -0.381 e. The number of nitrogens with one attached hydrogen (secondary N) is 1. The van der Waals surface area contributed by atoms with Crippen LogP contribution in [-0.4, -0.2) is 18.2 Å². The third-order valence-electron chi connectivity index (χ3n) is 5.87. The van der Waals surface area contributed by atoms with E-state index >= 15 is 0 Å². The fourth-order valence-corrected chi connectivity index (χ4v) is 5.43. The second-order valence-corrected chi connectivity index (χ2v) is 8.60. The van der Waals surface area contributed by atoms with Crippen LogP contribution in [0.25, 0.3) is 0 Å². The fraction of sp³-hybridized carbons (Fsp3) is 0.684. The van der Waals surface area contributed by atoms with E-state index in [0.29, 0.717) is 24.5 Å². The van der Waals surface area contributed by atoms with Gasteiger partial charge in [0.05, 0.1) is 6.10 Å². The van der Waals surface area contributed by atoms with E-state index in [2.05, 4.69) is 5.32 Å². The SMILES string of the molecule is Cl.FC(F)(F)Sc1ccc2c(c1)[C@H]1OCCC[C@H]1[C@@H](C1CCCCC1)N2. The van der Waals surface area contributed by atoms with Crippen LogP contribution in [-0.2, 0) is 4.74 Å². The summed E-state index contributed by atoms with van der Waals surface area (Å²) < 4.78 is 44.3. The minimum atomic E-state index is -4.26. The van der Waals surface area contributed by atoms with E-state index in [0.717, 1.165) is 24.1 Å². The van der Waals surface area contributed by atoms with Gasteiger partial charge in [-0.05, 0) is 61.6 Å². The molecule has 2 fully saturated rings. The molecule has 1 N–H and O–H groups in total. The molecular formula is C19H25ClF3NOS. The largest absolute Gasteiger partial charge is 0.446 e. The number of hydrogen-bond donors (Lipinski definition) is 1. The molecule has 1 aromatic carbocycles. The number of benzene rings is 1. The highest BCUT2D eigenvalue weighted by Gasteiger charge is 2.42. The van der Waals surface area contributed by atoms with Crippen LogP contribution in [0.5, 0.6) is 0 Å². The van der Waals surface area contributed by atoms with Gasteiger partial charge in [-0.1, -0.05) is 19.3 Å². The Hall–Kier alpha value is -0.590. The van der Waals surface area contributed by atoms with Crippen molar-refractivity contribution in [2.75, 3.05) is 11.9 Å². The number of halogens is 4. The Kier molecular flexibility index (Phi) is 6.35. The zero-order chi connectivity index (χ0) is 17.4. The molecule has 0 spiro atoms. The lowest BCUT2D eigenvalue weighted by molar-refractivity contribution is -0.0460. The molecule has 3 atom stereocenters. The van der Waals surface area contributed by atoms with Crippen molar-refractivity contribution in [3.8, 4) is 0 Å². The van der Waals surface area contributed by atoms with E-state index in [-0.39, 0.29) is 35.2 Å². The van der Waals surface area contributed by atoms with Crippen LogP contribution in [0.3, 0.4) is 0 Å². The molecule has 1 saturated heterocycles. The molecule has 1 aromatic rings. The van der Waals surface area contributed by atoms with Crippen molar-refractivity contribution in [2.24, 2.45) is 11.8 Å². The fourth-order valence-electron chi connectivity index (χ4n) is 4.84. The van der Waals surface area contributed by atoms with Crippen molar-refractivity contribution in [1.29, 1.82) is 0 Å². The molecule has 0 aromatic heterocycles. The van der Waals surface area contributed by atoms with Crippen LogP contribution in [0.2, 0.25) is 0 Å². The smallest absolute Gasteiger partial charge is 0.381 e. The van der Waals surface area contributed by atoms with Gasteiger partial charge in [0.25, 0.3) is 0 Å². The van der Waals surface area contributed by atoms with E-state index in [1.165, 1.54) is 32.1 Å². The molecule has 0 unspecified atom stereocenters. The summed E-state index contributed by atoms with van der Waals surface area (Å²) in [6.45, 7) is 0.703. The maximum absolute atomic E-state index is 12.7. The summed E-state index contributed by atoms with van der Waals surface area (Å²) in [6, 6.07) is 5.46. The van der Waals surface area contributed by atoms with Crippen LogP contribution in [0.1, 0.15) is 56.6 Å². The molecule has 3 aliphatic rings. The maximum atomic E-state index is 12.7. The number of anilines is 1. The Morgan fingerprint density at radius 1 is 1.04 bits per heavy atom. The average Bonchev–Trinajstić information content (AvgIpc) is 2.60. The summed E-state index contributed by atoms with van der Waals surface area (Å²) in [5, 5.41) is 3.69. The molecular weight excluding hydrogens is 383 g/mol. The highest BCUT2D eigenvalue weighted by Crippen LogP contribution is 2.49. The Labute approximate surface area is 163 Å². The highest BCUT2D eigenvalue weighted by atomic mass is 35.5. The van der Waals surface area contributed by atoms with Crippen LogP contribution < -0.4 is 5.32 Å². The van der Waals surface area contributed by atoms with E-state index in [1.807, 2.05) is 6.07 Å². The third-order valence-corrected chi connectivity index (χ3v) is 6.59. The summed E-state index contributed by atoms with van der Waals surface area (Å²) in [4.78, 5) is 0.247. The van der Waals surface area contributed by atoms with E-state index < -0.39 is 5.51 Å². The van der Waals surface area contributed by atoms with E-state index in [1.54, 1.807) is 12.1 Å². The quantitative estimate of drug-likeness (QED) is 0.560. The predicted octanol–water partition coefficient (Wildman–Crippen LogP) is 6.56. The van der Waals surface area contributed by atoms with Gasteiger partial charge in [0, 0.05) is 34.7 Å². The van der Waals surface area contributed by atoms with Gasteiger partial charge in [0.15, 0.2) is 0 Å². The van der Waals surface area contributed by atoms with Crippen LogP contribution >= 0.6 is 24.2 Å². The Bertz CT molecular complexity index is 621. The van der Waals surface area contributed by atoms with Gasteiger partial charge in [-0.2, -0.15) is 13.2 Å². The number of rotatable bonds is 2. The molecule has 0 bridgehead atoms. The second-order valence-electron chi connectivity index (χ2n) is 7.46.